The van der Waals surface area contributed by atoms with Gasteiger partial charge in [-0.3, -0.25) is 9.59 Å². The number of allylic oxidation sites excluding steroid dienone is 2. The van der Waals surface area contributed by atoms with Crippen LogP contribution in [0.3, 0.4) is 0 Å². The lowest BCUT2D eigenvalue weighted by atomic mass is 10.0. The van der Waals surface area contributed by atoms with Crippen LogP contribution in [0.2, 0.25) is 0 Å². The first kappa shape index (κ1) is 25.7. The number of ether oxygens (including phenoxy) is 1. The number of carboxylic acids is 1. The highest BCUT2D eigenvalue weighted by Gasteiger charge is 2.07. The molecule has 1 N–H and O–H groups in total. The van der Waals surface area contributed by atoms with Crippen LogP contribution < -0.4 is 0 Å². The maximum atomic E-state index is 11.4. The average Bonchev–Trinajstić information content (AvgIpc) is 2.71. The van der Waals surface area contributed by atoms with Crippen molar-refractivity contribution in [1.82, 2.24) is 0 Å². The van der Waals surface area contributed by atoms with Crippen LogP contribution in [0.1, 0.15) is 89.2 Å². The van der Waals surface area contributed by atoms with Gasteiger partial charge in [0.2, 0.25) is 0 Å². The number of rotatable bonds is 16. The van der Waals surface area contributed by atoms with Crippen LogP contribution in [0.4, 0.5) is 0 Å². The minimum Gasteiger partial charge on any atom is -0.481 e. The van der Waals surface area contributed by atoms with E-state index in [2.05, 4.69) is 25.1 Å². The molecule has 0 bridgehead atoms. The van der Waals surface area contributed by atoms with Gasteiger partial charge in [-0.15, -0.1) is 0 Å². The van der Waals surface area contributed by atoms with Crippen LogP contribution in [-0.4, -0.2) is 23.1 Å². The second-order valence-corrected chi connectivity index (χ2v) is 7.75. The number of hydrogen-bond donors (Lipinski definition) is 1. The van der Waals surface area contributed by atoms with Gasteiger partial charge in [-0.25, -0.2) is 0 Å². The molecule has 1 aromatic rings. The maximum Gasteiger partial charge on any atom is 0.303 e. The summed E-state index contributed by atoms with van der Waals surface area (Å²) in [4.78, 5) is 22.0. The molecule has 4 heteroatoms. The smallest absolute Gasteiger partial charge is 0.303 e. The number of carboxylic acid groups (broad SMARTS) is 1. The molecule has 0 fully saturated rings. The Morgan fingerprint density at radius 2 is 1.73 bits per heavy atom. The number of hydrogen-bond acceptors (Lipinski definition) is 3. The number of aryl methyl sites for hydroxylation is 1. The fourth-order valence-electron chi connectivity index (χ4n) is 3.40. The molecule has 1 atom stereocenters. The van der Waals surface area contributed by atoms with Gasteiger partial charge in [0.15, 0.2) is 0 Å². The maximum absolute atomic E-state index is 11.4. The molecule has 0 aromatic heterocycles. The molecule has 0 spiro atoms. The fourth-order valence-corrected chi connectivity index (χ4v) is 3.40. The van der Waals surface area contributed by atoms with E-state index in [1.165, 1.54) is 44.6 Å². The lowest BCUT2D eigenvalue weighted by Crippen LogP contribution is -2.13. The first-order valence-electron chi connectivity index (χ1n) is 11.3. The summed E-state index contributed by atoms with van der Waals surface area (Å²) in [6.07, 6.45) is 18.6. The van der Waals surface area contributed by atoms with Crippen molar-refractivity contribution in [2.24, 2.45) is 0 Å². The zero-order valence-corrected chi connectivity index (χ0v) is 18.6. The van der Waals surface area contributed by atoms with Crippen LogP contribution in [0.5, 0.6) is 0 Å². The number of aliphatic carboxylic acids is 1. The van der Waals surface area contributed by atoms with Crippen molar-refractivity contribution < 1.29 is 19.4 Å². The molecule has 4 nitrogen and oxygen atoms in total. The Morgan fingerprint density at radius 3 is 2.47 bits per heavy atom. The number of carbonyl (C=O) groups excluding carboxylic acids is 1. The number of esters is 1. The van der Waals surface area contributed by atoms with Gasteiger partial charge in [0, 0.05) is 13.3 Å². The molecular weight excluding hydrogens is 376 g/mol. The average molecular weight is 415 g/mol. The van der Waals surface area contributed by atoms with Gasteiger partial charge in [-0.05, 0) is 49.3 Å². The Labute approximate surface area is 182 Å². The Hall–Kier alpha value is -2.36. The van der Waals surface area contributed by atoms with E-state index in [4.69, 9.17) is 9.84 Å². The highest BCUT2D eigenvalue weighted by molar-refractivity contribution is 5.66. The summed E-state index contributed by atoms with van der Waals surface area (Å²) in [7, 11) is 0. The Balaban J connectivity index is 2.54. The second-order valence-electron chi connectivity index (χ2n) is 7.75. The summed E-state index contributed by atoms with van der Waals surface area (Å²) in [6.45, 7) is 3.67. The summed E-state index contributed by atoms with van der Waals surface area (Å²) < 4.78 is 5.43. The molecule has 0 heterocycles. The third-order valence-corrected chi connectivity index (χ3v) is 5.01. The van der Waals surface area contributed by atoms with Crippen LogP contribution in [0.25, 0.3) is 6.08 Å². The van der Waals surface area contributed by atoms with E-state index in [0.717, 1.165) is 31.2 Å². The molecule has 0 amide bonds. The fraction of sp³-hybridized carbons (Fsp3) is 0.538. The lowest BCUT2D eigenvalue weighted by molar-refractivity contribution is -0.144. The van der Waals surface area contributed by atoms with Crippen molar-refractivity contribution in [3.63, 3.8) is 0 Å². The van der Waals surface area contributed by atoms with Crippen molar-refractivity contribution in [3.05, 3.63) is 53.6 Å². The van der Waals surface area contributed by atoms with Gasteiger partial charge < -0.3 is 9.84 Å². The first-order valence-corrected chi connectivity index (χ1v) is 11.3. The zero-order valence-electron chi connectivity index (χ0n) is 18.6. The largest absolute Gasteiger partial charge is 0.481 e. The van der Waals surface area contributed by atoms with Crippen LogP contribution in [0, 0.1) is 0 Å². The van der Waals surface area contributed by atoms with E-state index >= 15 is 0 Å². The van der Waals surface area contributed by atoms with Gasteiger partial charge >= 0.3 is 11.9 Å². The third-order valence-electron chi connectivity index (χ3n) is 5.01. The molecule has 0 saturated carbocycles. The summed E-state index contributed by atoms with van der Waals surface area (Å²) in [5, 5.41) is 8.76. The molecule has 166 valence electrons. The van der Waals surface area contributed by atoms with Crippen LogP contribution >= 0.6 is 0 Å². The van der Waals surface area contributed by atoms with E-state index in [1.54, 1.807) is 0 Å². The van der Waals surface area contributed by atoms with E-state index < -0.39 is 5.97 Å². The quantitative estimate of drug-likeness (QED) is 0.185. The molecule has 0 aliphatic rings. The summed E-state index contributed by atoms with van der Waals surface area (Å²) >= 11 is 0. The Bertz CT molecular complexity index is 675. The number of unbranched alkanes of at least 4 members (excludes halogenated alkanes) is 6. The molecule has 0 unspecified atom stereocenters. The van der Waals surface area contributed by atoms with Crippen molar-refractivity contribution >= 4 is 18.0 Å². The highest BCUT2D eigenvalue weighted by atomic mass is 16.5. The van der Waals surface area contributed by atoms with Crippen LogP contribution in [-0.2, 0) is 20.7 Å². The third kappa shape index (κ3) is 13.0. The minimum atomic E-state index is -0.739. The van der Waals surface area contributed by atoms with Gasteiger partial charge in [0.05, 0.1) is 0 Å². The van der Waals surface area contributed by atoms with E-state index in [1.807, 2.05) is 30.4 Å². The normalized spacial score (nSPS) is 12.5. The molecule has 1 aromatic carbocycles. The van der Waals surface area contributed by atoms with E-state index in [9.17, 15) is 9.59 Å². The minimum absolute atomic E-state index is 0.176. The molecule has 0 aliphatic heterocycles. The van der Waals surface area contributed by atoms with Gasteiger partial charge in [0.1, 0.15) is 6.10 Å². The molecule has 30 heavy (non-hydrogen) atoms. The van der Waals surface area contributed by atoms with Crippen molar-refractivity contribution in [1.29, 1.82) is 0 Å². The van der Waals surface area contributed by atoms with Gasteiger partial charge in [-0.1, -0.05) is 81.5 Å². The summed E-state index contributed by atoms with van der Waals surface area (Å²) in [6, 6.07) is 8.17. The second kappa shape index (κ2) is 16.4. The molecule has 0 radical (unpaired) electrons. The molecule has 0 aliphatic carbocycles. The molecule has 0 saturated heterocycles. The van der Waals surface area contributed by atoms with Crippen molar-refractivity contribution in [2.45, 2.75) is 90.6 Å². The summed E-state index contributed by atoms with van der Waals surface area (Å²) in [5.74, 6) is -0.983. The topological polar surface area (TPSA) is 63.6 Å². The molecule has 1 rings (SSSR count). The van der Waals surface area contributed by atoms with E-state index in [-0.39, 0.29) is 18.5 Å². The number of carbonyl (C=O) groups is 2. The monoisotopic (exact) mass is 414 g/mol. The predicted octanol–water partition coefficient (Wildman–Crippen LogP) is 6.74. The molecular formula is C26H38O4. The lowest BCUT2D eigenvalue weighted by Gasteiger charge is -2.12. The Kier molecular flexibility index (Phi) is 14.1. The first-order chi connectivity index (χ1) is 14.5. The van der Waals surface area contributed by atoms with Gasteiger partial charge in [-0.2, -0.15) is 0 Å². The standard InChI is InChI=1S/C26H38O4/c1-3-4-5-6-7-8-19-25(30-22(2)27)20-13-11-17-23-15-9-10-16-24(23)18-12-14-21-26(28)29/h9-11,13,15-17,20,25H,3-8,12,14,18-19,21H2,1-2H3,(H,28,29)/b17-11+,20-13+/t25-/m0/s1. The zero-order chi connectivity index (χ0) is 22.0. The predicted molar refractivity (Wildman–Crippen MR) is 123 cm³/mol. The van der Waals surface area contributed by atoms with Gasteiger partial charge in [0.25, 0.3) is 0 Å². The van der Waals surface area contributed by atoms with Crippen molar-refractivity contribution in [3.8, 4) is 0 Å². The highest BCUT2D eigenvalue weighted by Crippen LogP contribution is 2.15. The van der Waals surface area contributed by atoms with Crippen LogP contribution in [0.15, 0.2) is 42.5 Å². The Morgan fingerprint density at radius 1 is 1.00 bits per heavy atom. The SMILES string of the molecule is CCCCCCCC[C@@H](/C=C/C=C/c1ccccc1CCCCC(=O)O)OC(C)=O. The summed E-state index contributed by atoms with van der Waals surface area (Å²) in [5.41, 5.74) is 2.36. The van der Waals surface area contributed by atoms with Crippen molar-refractivity contribution in [2.75, 3.05) is 0 Å². The van der Waals surface area contributed by atoms with E-state index in [0.29, 0.717) is 6.42 Å². The number of benzene rings is 1.